The summed E-state index contributed by atoms with van der Waals surface area (Å²) in [7, 11) is 0. The molecule has 0 saturated carbocycles. The van der Waals surface area contributed by atoms with Crippen LogP contribution in [0.15, 0.2) is 41.2 Å². The molecule has 0 spiro atoms. The minimum absolute atomic E-state index is 0.148. The molecule has 1 aromatic heterocycles. The predicted octanol–water partition coefficient (Wildman–Crippen LogP) is 5.03. The van der Waals surface area contributed by atoms with Gasteiger partial charge in [0.2, 0.25) is 11.1 Å². The van der Waals surface area contributed by atoms with Crippen LogP contribution in [0.1, 0.15) is 64.1 Å². The van der Waals surface area contributed by atoms with Gasteiger partial charge in [0.25, 0.3) is 0 Å². The molecule has 0 saturated heterocycles. The second kappa shape index (κ2) is 7.07. The summed E-state index contributed by atoms with van der Waals surface area (Å²) in [5.74, 6) is 2.13. The van der Waals surface area contributed by atoms with Crippen LogP contribution in [-0.4, -0.2) is 26.3 Å². The third-order valence-corrected chi connectivity index (χ3v) is 6.24. The first-order valence-corrected chi connectivity index (χ1v) is 11.0. The van der Waals surface area contributed by atoms with Crippen LogP contribution in [0.4, 0.5) is 5.95 Å². The van der Waals surface area contributed by atoms with Gasteiger partial charge >= 0.3 is 0 Å². The van der Waals surface area contributed by atoms with Gasteiger partial charge in [-0.05, 0) is 28.2 Å². The highest BCUT2D eigenvalue weighted by Crippen LogP contribution is 2.45. The van der Waals surface area contributed by atoms with E-state index in [-0.39, 0.29) is 23.2 Å². The van der Waals surface area contributed by atoms with Crippen molar-refractivity contribution in [2.24, 2.45) is 11.3 Å². The van der Waals surface area contributed by atoms with Gasteiger partial charge in [0, 0.05) is 12.1 Å². The zero-order valence-electron chi connectivity index (χ0n) is 17.2. The van der Waals surface area contributed by atoms with Crippen LogP contribution in [0.2, 0.25) is 0 Å². The van der Waals surface area contributed by atoms with E-state index in [1.807, 2.05) is 4.68 Å². The van der Waals surface area contributed by atoms with Gasteiger partial charge in [0.05, 0.1) is 12.0 Å². The molecule has 0 amide bonds. The van der Waals surface area contributed by atoms with Crippen molar-refractivity contribution < 1.29 is 4.79 Å². The highest BCUT2D eigenvalue weighted by Gasteiger charge is 2.45. The zero-order valence-corrected chi connectivity index (χ0v) is 18.0. The van der Waals surface area contributed by atoms with Crippen LogP contribution in [0.25, 0.3) is 0 Å². The summed E-state index contributed by atoms with van der Waals surface area (Å²) >= 11 is 1.62. The van der Waals surface area contributed by atoms with Gasteiger partial charge < -0.3 is 5.32 Å². The number of hydrogen-bond donors (Lipinski definition) is 1. The van der Waals surface area contributed by atoms with Gasteiger partial charge in [0.15, 0.2) is 0 Å². The van der Waals surface area contributed by atoms with E-state index in [2.05, 4.69) is 75.3 Å². The van der Waals surface area contributed by atoms with E-state index in [1.54, 1.807) is 11.8 Å². The Balaban J connectivity index is 1.84. The SMILES string of the molecule is CCSc1nc2n(n1)[C@H](c1ccc(C(C)C)cc1)[C@H]1C(=O)CC(C)(C)C=C1N2. The highest BCUT2D eigenvalue weighted by atomic mass is 32.2. The first kappa shape index (κ1) is 19.2. The highest BCUT2D eigenvalue weighted by molar-refractivity contribution is 7.99. The number of hydrogen-bond acceptors (Lipinski definition) is 5. The molecule has 6 heteroatoms. The Hall–Kier alpha value is -2.08. The topological polar surface area (TPSA) is 59.8 Å². The average Bonchev–Trinajstić information content (AvgIpc) is 3.01. The first-order valence-electron chi connectivity index (χ1n) is 10.0. The summed E-state index contributed by atoms with van der Waals surface area (Å²) < 4.78 is 1.92. The Labute approximate surface area is 171 Å². The number of ketones is 1. The number of carbonyl (C=O) groups is 1. The summed E-state index contributed by atoms with van der Waals surface area (Å²) in [4.78, 5) is 17.9. The van der Waals surface area contributed by atoms with Gasteiger partial charge in [-0.15, -0.1) is 5.10 Å². The van der Waals surface area contributed by atoms with E-state index >= 15 is 0 Å². The number of allylic oxidation sites excluding steroid dienone is 2. The lowest BCUT2D eigenvalue weighted by Gasteiger charge is -2.40. The smallest absolute Gasteiger partial charge is 0.227 e. The monoisotopic (exact) mass is 396 g/mol. The number of nitrogens with one attached hydrogen (secondary N) is 1. The molecule has 1 aliphatic heterocycles. The van der Waals surface area contributed by atoms with E-state index in [0.29, 0.717) is 12.3 Å². The lowest BCUT2D eigenvalue weighted by molar-refractivity contribution is -0.125. The Kier molecular flexibility index (Phi) is 4.86. The van der Waals surface area contributed by atoms with Crippen LogP contribution in [0, 0.1) is 11.3 Å². The summed E-state index contributed by atoms with van der Waals surface area (Å²) in [5, 5.41) is 8.90. The number of thioether (sulfide) groups is 1. The van der Waals surface area contributed by atoms with Crippen LogP contribution < -0.4 is 5.32 Å². The van der Waals surface area contributed by atoms with Crippen molar-refractivity contribution in [3.8, 4) is 0 Å². The summed E-state index contributed by atoms with van der Waals surface area (Å²) in [5.41, 5.74) is 3.22. The average molecular weight is 397 g/mol. The van der Waals surface area contributed by atoms with E-state index in [1.165, 1.54) is 5.56 Å². The number of aromatic nitrogens is 3. The molecule has 2 atom stereocenters. The molecule has 1 aromatic carbocycles. The molecule has 0 bridgehead atoms. The zero-order chi connectivity index (χ0) is 20.1. The van der Waals surface area contributed by atoms with Crippen molar-refractivity contribution in [1.82, 2.24) is 14.8 Å². The predicted molar refractivity (Wildman–Crippen MR) is 114 cm³/mol. The fraction of sp³-hybridized carbons (Fsp3) is 0.500. The number of nitrogens with zero attached hydrogens (tertiary/aromatic N) is 3. The van der Waals surface area contributed by atoms with Crippen LogP contribution in [-0.2, 0) is 4.79 Å². The summed E-state index contributed by atoms with van der Waals surface area (Å²) in [6, 6.07) is 8.47. The molecule has 1 aliphatic carbocycles. The fourth-order valence-corrected chi connectivity index (χ4v) is 4.76. The molecule has 2 heterocycles. The van der Waals surface area contributed by atoms with E-state index in [0.717, 1.165) is 28.1 Å². The molecule has 1 N–H and O–H groups in total. The van der Waals surface area contributed by atoms with Gasteiger partial charge in [-0.1, -0.05) is 76.7 Å². The number of Topliss-reactive ketones (excluding diaryl/α,β-unsaturated/α-hetero) is 1. The molecule has 0 unspecified atom stereocenters. The lowest BCUT2D eigenvalue weighted by atomic mass is 9.72. The van der Waals surface area contributed by atoms with Gasteiger partial charge in [-0.3, -0.25) is 4.79 Å². The Morgan fingerprint density at radius 2 is 2.00 bits per heavy atom. The molecular weight excluding hydrogens is 368 g/mol. The normalized spacial score (nSPS) is 23.1. The van der Waals surface area contributed by atoms with Crippen LogP contribution in [0.5, 0.6) is 0 Å². The van der Waals surface area contributed by atoms with Crippen molar-refractivity contribution in [3.05, 3.63) is 47.2 Å². The minimum Gasteiger partial charge on any atom is -0.328 e. The van der Waals surface area contributed by atoms with E-state index in [9.17, 15) is 4.79 Å². The van der Waals surface area contributed by atoms with Crippen LogP contribution >= 0.6 is 11.8 Å². The largest absolute Gasteiger partial charge is 0.328 e. The Bertz CT molecular complexity index is 927. The fourth-order valence-electron chi connectivity index (χ4n) is 4.21. The molecule has 2 aromatic rings. The summed E-state index contributed by atoms with van der Waals surface area (Å²) in [6.07, 6.45) is 2.75. The van der Waals surface area contributed by atoms with Gasteiger partial charge in [0.1, 0.15) is 5.78 Å². The van der Waals surface area contributed by atoms with E-state index < -0.39 is 0 Å². The second-order valence-corrected chi connectivity index (χ2v) is 9.93. The maximum Gasteiger partial charge on any atom is 0.227 e. The van der Waals surface area contributed by atoms with Gasteiger partial charge in [-0.2, -0.15) is 4.98 Å². The van der Waals surface area contributed by atoms with E-state index in [4.69, 9.17) is 5.10 Å². The van der Waals surface area contributed by atoms with Crippen molar-refractivity contribution >= 4 is 23.5 Å². The Morgan fingerprint density at radius 3 is 2.64 bits per heavy atom. The molecule has 2 aliphatic rings. The Morgan fingerprint density at radius 1 is 1.29 bits per heavy atom. The van der Waals surface area contributed by atoms with Crippen LogP contribution in [0.3, 0.4) is 0 Å². The lowest BCUT2D eigenvalue weighted by Crippen LogP contribution is -2.42. The molecular formula is C22H28N4OS. The third kappa shape index (κ3) is 3.39. The maximum absolute atomic E-state index is 13.2. The molecule has 5 nitrogen and oxygen atoms in total. The number of fused-ring (bicyclic) bond motifs is 2. The summed E-state index contributed by atoms with van der Waals surface area (Å²) in [6.45, 7) is 10.7. The first-order chi connectivity index (χ1) is 13.3. The molecule has 148 valence electrons. The minimum atomic E-state index is -0.244. The second-order valence-electron chi connectivity index (χ2n) is 8.70. The molecule has 0 fully saturated rings. The van der Waals surface area contributed by atoms with Crippen molar-refractivity contribution in [2.45, 2.75) is 58.2 Å². The van der Waals surface area contributed by atoms with Crippen molar-refractivity contribution in [3.63, 3.8) is 0 Å². The molecule has 0 radical (unpaired) electrons. The standard InChI is InChI=1S/C22H28N4OS/c1-6-28-21-24-20-23-16-11-22(4,5)12-17(27)18(16)19(26(20)25-21)15-9-7-14(8-10-15)13(2)3/h7-11,13,18-19H,6,12H2,1-5H3,(H,23,24,25)/t18-,19-/m1/s1. The molecule has 28 heavy (non-hydrogen) atoms. The van der Waals surface area contributed by atoms with Crippen molar-refractivity contribution in [2.75, 3.05) is 11.1 Å². The quantitative estimate of drug-likeness (QED) is 0.735. The van der Waals surface area contributed by atoms with Crippen molar-refractivity contribution in [1.29, 1.82) is 0 Å². The third-order valence-electron chi connectivity index (χ3n) is 5.52. The maximum atomic E-state index is 13.2. The molecule has 4 rings (SSSR count). The number of carbonyl (C=O) groups excluding carboxylic acids is 1. The van der Waals surface area contributed by atoms with Gasteiger partial charge in [-0.25, -0.2) is 4.68 Å². The number of anilines is 1. The number of benzene rings is 1. The number of rotatable bonds is 4.